The fourth-order valence-electron chi connectivity index (χ4n) is 6.09. The summed E-state index contributed by atoms with van der Waals surface area (Å²) in [5.74, 6) is 2.34. The molecule has 0 aromatic heterocycles. The van der Waals surface area contributed by atoms with Crippen LogP contribution in [0.1, 0.15) is 44.6 Å². The molecule has 162 valence electrons. The number of nitrogens with zero attached hydrogens (tertiary/aromatic N) is 3. The quantitative estimate of drug-likeness (QED) is 0.387. The van der Waals surface area contributed by atoms with Gasteiger partial charge in [-0.05, 0) is 87.9 Å². The Balaban J connectivity index is 1.39. The van der Waals surface area contributed by atoms with Gasteiger partial charge in [-0.15, -0.1) is 0 Å². The van der Waals surface area contributed by atoms with E-state index in [1.54, 1.807) is 0 Å². The lowest BCUT2D eigenvalue weighted by Gasteiger charge is -2.58. The van der Waals surface area contributed by atoms with Crippen LogP contribution in [0.3, 0.4) is 0 Å². The predicted molar refractivity (Wildman–Crippen MR) is 121 cm³/mol. The molecule has 2 N–H and O–H groups in total. The first-order valence-corrected chi connectivity index (χ1v) is 11.6. The smallest absolute Gasteiger partial charge is 0.207 e. The number of benzene rings is 1. The van der Waals surface area contributed by atoms with Crippen molar-refractivity contribution in [1.82, 2.24) is 10.2 Å². The molecule has 3 unspecified atom stereocenters. The standard InChI is InChI=1S/C23H30Cl2N4O/c1-14(29(2)6-5-15-3-4-19(24)20(25)9-15)22(27-13-26)28-21-17-7-16-8-18(21)12-23(30,10-16)11-17/h3-4,9,14,16-18,21,30H,5-8,10-12H2,1-2H3,(H,27,28). The predicted octanol–water partition coefficient (Wildman–Crippen LogP) is 4.26. The number of nitriles is 1. The normalized spacial score (nSPS) is 33.6. The van der Waals surface area contributed by atoms with Gasteiger partial charge in [0.2, 0.25) is 6.19 Å². The van der Waals surface area contributed by atoms with Crippen molar-refractivity contribution in [1.29, 1.82) is 5.26 Å². The van der Waals surface area contributed by atoms with Crippen molar-refractivity contribution in [2.24, 2.45) is 22.7 Å². The minimum Gasteiger partial charge on any atom is -0.390 e. The van der Waals surface area contributed by atoms with Gasteiger partial charge in [-0.2, -0.15) is 10.3 Å². The first kappa shape index (κ1) is 21.9. The lowest BCUT2D eigenvalue weighted by molar-refractivity contribution is -0.136. The van der Waals surface area contributed by atoms with E-state index in [1.165, 1.54) is 12.8 Å². The van der Waals surface area contributed by atoms with E-state index in [9.17, 15) is 10.4 Å². The van der Waals surface area contributed by atoms with Crippen LogP contribution >= 0.6 is 23.2 Å². The number of aliphatic hydroxyl groups is 1. The first-order valence-electron chi connectivity index (χ1n) is 10.9. The van der Waals surface area contributed by atoms with Gasteiger partial charge in [-0.1, -0.05) is 29.3 Å². The molecule has 4 fully saturated rings. The Kier molecular flexibility index (Phi) is 6.33. The minimum absolute atomic E-state index is 0.00676. The van der Waals surface area contributed by atoms with Crippen LogP contribution in [-0.2, 0) is 6.42 Å². The van der Waals surface area contributed by atoms with E-state index in [1.807, 2.05) is 24.4 Å². The van der Waals surface area contributed by atoms with E-state index >= 15 is 0 Å². The second-order valence-corrected chi connectivity index (χ2v) is 10.4. The number of rotatable bonds is 6. The largest absolute Gasteiger partial charge is 0.390 e. The molecule has 0 saturated heterocycles. The number of aliphatic imine (C=N–C) groups is 1. The molecule has 5 nitrogen and oxygen atoms in total. The maximum absolute atomic E-state index is 10.8. The number of hydrogen-bond acceptors (Lipinski definition) is 4. The monoisotopic (exact) mass is 448 g/mol. The first-order chi connectivity index (χ1) is 14.3. The molecule has 3 atom stereocenters. The molecule has 7 heteroatoms. The van der Waals surface area contributed by atoms with Gasteiger partial charge >= 0.3 is 0 Å². The lowest BCUT2D eigenvalue weighted by Crippen LogP contribution is -2.63. The topological polar surface area (TPSA) is 71.6 Å². The summed E-state index contributed by atoms with van der Waals surface area (Å²) in [5.41, 5.74) is 0.674. The van der Waals surface area contributed by atoms with Crippen molar-refractivity contribution in [2.75, 3.05) is 13.6 Å². The van der Waals surface area contributed by atoms with Crippen LogP contribution in [0.15, 0.2) is 23.2 Å². The van der Waals surface area contributed by atoms with Crippen LogP contribution in [-0.4, -0.2) is 47.1 Å². The summed E-state index contributed by atoms with van der Waals surface area (Å²) in [6.45, 7) is 2.90. The SMILES string of the molecule is CC(/C(=N\C#N)NC1C2CC3CC1CC(O)(C3)C2)N(C)CCc1ccc(Cl)c(Cl)c1. The Morgan fingerprint density at radius 2 is 2.00 bits per heavy atom. The van der Waals surface area contributed by atoms with E-state index in [-0.39, 0.29) is 6.04 Å². The van der Waals surface area contributed by atoms with Gasteiger partial charge in [0.15, 0.2) is 0 Å². The molecule has 4 saturated carbocycles. The number of nitrogens with one attached hydrogen (secondary N) is 1. The second kappa shape index (κ2) is 8.67. The zero-order valence-electron chi connectivity index (χ0n) is 17.6. The second-order valence-electron chi connectivity index (χ2n) is 9.62. The van der Waals surface area contributed by atoms with Crippen molar-refractivity contribution in [2.45, 2.75) is 63.1 Å². The molecule has 1 aromatic carbocycles. The Morgan fingerprint density at radius 1 is 1.30 bits per heavy atom. The van der Waals surface area contributed by atoms with E-state index in [2.05, 4.69) is 29.2 Å². The minimum atomic E-state index is -0.455. The molecule has 0 amide bonds. The summed E-state index contributed by atoms with van der Waals surface area (Å²) in [6, 6.07) is 6.03. The Labute approximate surface area is 189 Å². The van der Waals surface area contributed by atoms with Crippen molar-refractivity contribution < 1.29 is 5.11 Å². The Hall–Kier alpha value is -1.32. The molecular formula is C23H30Cl2N4O. The summed E-state index contributed by atoms with van der Waals surface area (Å²) in [4.78, 5) is 6.37. The third-order valence-electron chi connectivity index (χ3n) is 7.52. The van der Waals surface area contributed by atoms with E-state index < -0.39 is 5.60 Å². The van der Waals surface area contributed by atoms with Crippen molar-refractivity contribution in [3.63, 3.8) is 0 Å². The molecule has 4 aliphatic carbocycles. The summed E-state index contributed by atoms with van der Waals surface area (Å²) in [6.07, 6.45) is 7.90. The summed E-state index contributed by atoms with van der Waals surface area (Å²) >= 11 is 12.1. The zero-order chi connectivity index (χ0) is 21.5. The van der Waals surface area contributed by atoms with Gasteiger partial charge < -0.3 is 10.4 Å². The Bertz CT molecular complexity index is 851. The molecule has 0 heterocycles. The van der Waals surface area contributed by atoms with Gasteiger partial charge in [0.05, 0.1) is 21.7 Å². The molecule has 1 aromatic rings. The molecular weight excluding hydrogens is 419 g/mol. The highest BCUT2D eigenvalue weighted by atomic mass is 35.5. The molecule has 0 aliphatic heterocycles. The van der Waals surface area contributed by atoms with Crippen molar-refractivity contribution in [3.8, 4) is 6.19 Å². The van der Waals surface area contributed by atoms with E-state index in [0.717, 1.165) is 43.6 Å². The maximum Gasteiger partial charge on any atom is 0.207 e. The average molecular weight is 449 g/mol. The number of likely N-dealkylation sites (N-methyl/N-ethyl adjacent to an activating group) is 1. The number of hydrogen-bond donors (Lipinski definition) is 2. The fraction of sp³-hybridized carbons (Fsp3) is 0.652. The summed E-state index contributed by atoms with van der Waals surface area (Å²) < 4.78 is 0. The fourth-order valence-corrected chi connectivity index (χ4v) is 6.41. The summed E-state index contributed by atoms with van der Waals surface area (Å²) in [7, 11) is 2.05. The van der Waals surface area contributed by atoms with Gasteiger partial charge in [0, 0.05) is 12.6 Å². The maximum atomic E-state index is 10.8. The Morgan fingerprint density at radius 3 is 2.60 bits per heavy atom. The highest BCUT2D eigenvalue weighted by Crippen LogP contribution is 2.55. The number of amidine groups is 1. The van der Waals surface area contributed by atoms with Gasteiger partial charge in [-0.3, -0.25) is 4.90 Å². The highest BCUT2D eigenvalue weighted by molar-refractivity contribution is 6.42. The lowest BCUT2D eigenvalue weighted by atomic mass is 9.52. The molecule has 0 radical (unpaired) electrons. The highest BCUT2D eigenvalue weighted by Gasteiger charge is 2.55. The molecule has 4 aliphatic rings. The zero-order valence-corrected chi connectivity index (χ0v) is 19.1. The van der Waals surface area contributed by atoms with Crippen molar-refractivity contribution >= 4 is 29.0 Å². The van der Waals surface area contributed by atoms with Gasteiger partial charge in [0.25, 0.3) is 0 Å². The molecule has 0 spiro atoms. The van der Waals surface area contributed by atoms with Crippen LogP contribution < -0.4 is 5.32 Å². The van der Waals surface area contributed by atoms with Crippen molar-refractivity contribution in [3.05, 3.63) is 33.8 Å². The van der Waals surface area contributed by atoms with Crippen LogP contribution in [0.5, 0.6) is 0 Å². The third-order valence-corrected chi connectivity index (χ3v) is 8.26. The van der Waals surface area contributed by atoms with Crippen LogP contribution in [0, 0.1) is 29.2 Å². The van der Waals surface area contributed by atoms with E-state index in [4.69, 9.17) is 23.2 Å². The molecule has 4 bridgehead atoms. The van der Waals surface area contributed by atoms with Crippen LogP contribution in [0.4, 0.5) is 0 Å². The van der Waals surface area contributed by atoms with Crippen LogP contribution in [0.2, 0.25) is 10.0 Å². The molecule has 5 rings (SSSR count). The average Bonchev–Trinajstić information content (AvgIpc) is 2.68. The summed E-state index contributed by atoms with van der Waals surface area (Å²) in [5, 5.41) is 24.9. The third kappa shape index (κ3) is 4.48. The molecule has 30 heavy (non-hydrogen) atoms. The number of halogens is 2. The van der Waals surface area contributed by atoms with Crippen LogP contribution in [0.25, 0.3) is 0 Å². The van der Waals surface area contributed by atoms with Gasteiger partial charge in [-0.25, -0.2) is 0 Å². The van der Waals surface area contributed by atoms with Gasteiger partial charge in [0.1, 0.15) is 5.84 Å². The van der Waals surface area contributed by atoms with E-state index in [0.29, 0.717) is 33.8 Å².